The van der Waals surface area contributed by atoms with E-state index in [1.54, 1.807) is 36.5 Å². The first-order valence-corrected chi connectivity index (χ1v) is 21.7. The van der Waals surface area contributed by atoms with E-state index in [1.807, 2.05) is 45.6 Å². The first-order chi connectivity index (χ1) is 27.9. The molecule has 2 aliphatic carbocycles. The van der Waals surface area contributed by atoms with Crippen LogP contribution in [0.3, 0.4) is 0 Å². The topological polar surface area (TPSA) is 241 Å². The lowest BCUT2D eigenvalue weighted by Gasteiger charge is -2.53. The van der Waals surface area contributed by atoms with E-state index >= 15 is 0 Å². The average molecular weight is 825 g/mol. The third-order valence-corrected chi connectivity index (χ3v) is 13.6. The van der Waals surface area contributed by atoms with Crippen LogP contribution >= 0.6 is 0 Å². The van der Waals surface area contributed by atoms with E-state index < -0.39 is 53.7 Å². The third-order valence-electron chi connectivity index (χ3n) is 13.6. The van der Waals surface area contributed by atoms with Gasteiger partial charge < -0.3 is 51.7 Å². The number of fused-ring (bicyclic) bond motifs is 1. The molecule has 0 bridgehead atoms. The fourth-order valence-electron chi connectivity index (χ4n) is 9.89. The standard InChI is InChI=1S/C46H72N4O9/c1-27(38(54)15-7-12-32(51)11-6-13-34(53)25-31-10-9-23-50(31)45(47)48)17-20-33(52)21-18-28(2)42(57)29(3)19-22-36-30(4)24-35-37(14-8-16-39(35)55)46(36,5)43(58)41-40(56)26-49-44(41)59/h6-7,11,15,17-18,20,24,27,29,31-39,42,51-55,57-58H,8-10,12-14,16,19,21-23,25-26H2,1-5H3,(H3,47,48)(H,49,59)/b11-6+,15-7+,20-17+,28-18+,43-41?/t27-,29+,31+,32-,33-,34-,35+,36+,37+,38-,39-,42-,46+/m0/s1. The van der Waals surface area contributed by atoms with E-state index in [1.165, 1.54) is 0 Å². The maximum atomic E-state index is 12.8. The molecule has 0 spiro atoms. The number of likely N-dealkylation sites (tertiary alicyclic amines) is 1. The number of hydrogen-bond acceptors (Lipinski definition) is 10. The highest BCUT2D eigenvalue weighted by molar-refractivity contribution is 6.25. The summed E-state index contributed by atoms with van der Waals surface area (Å²) < 4.78 is 0. The Bertz CT molecular complexity index is 1640. The highest BCUT2D eigenvalue weighted by Gasteiger charge is 2.55. The van der Waals surface area contributed by atoms with E-state index in [0.29, 0.717) is 37.7 Å². The van der Waals surface area contributed by atoms with E-state index in [-0.39, 0.29) is 72.3 Å². The van der Waals surface area contributed by atoms with Gasteiger partial charge in [0.1, 0.15) is 11.3 Å². The Morgan fingerprint density at radius 3 is 2.37 bits per heavy atom. The largest absolute Gasteiger partial charge is 0.511 e. The quantitative estimate of drug-likeness (QED) is 0.0221. The molecule has 1 saturated carbocycles. The molecule has 11 N–H and O–H groups in total. The van der Waals surface area contributed by atoms with Gasteiger partial charge in [0, 0.05) is 29.8 Å². The Hall–Kier alpha value is -3.59. The molecule has 0 unspecified atom stereocenters. The number of rotatable bonds is 19. The molecule has 3 fully saturated rings. The van der Waals surface area contributed by atoms with Crippen LogP contribution in [0.5, 0.6) is 0 Å². The number of amides is 1. The molecule has 2 heterocycles. The fraction of sp³-hybridized carbons (Fsp3) is 0.674. The number of Topliss-reactive ketones (excluding diaryl/α,β-unsaturated/α-hetero) is 1. The number of nitrogens with two attached hydrogens (primary N) is 1. The van der Waals surface area contributed by atoms with Crippen LogP contribution in [0.2, 0.25) is 0 Å². The number of carbonyl (C=O) groups is 2. The van der Waals surface area contributed by atoms with Gasteiger partial charge in [0.15, 0.2) is 11.7 Å². The number of nitrogens with one attached hydrogen (secondary N) is 2. The van der Waals surface area contributed by atoms with E-state index in [2.05, 4.69) is 11.4 Å². The van der Waals surface area contributed by atoms with Gasteiger partial charge in [0.05, 0.1) is 43.2 Å². The van der Waals surface area contributed by atoms with Crippen LogP contribution < -0.4 is 11.1 Å². The molecular formula is C46H72N4O9. The van der Waals surface area contributed by atoms with Crippen molar-refractivity contribution in [2.45, 2.75) is 148 Å². The number of guanidine groups is 1. The number of aliphatic hydroxyl groups is 7. The summed E-state index contributed by atoms with van der Waals surface area (Å²) in [6.45, 7) is 10.1. The lowest BCUT2D eigenvalue weighted by molar-refractivity contribution is -0.118. The van der Waals surface area contributed by atoms with Crippen molar-refractivity contribution in [2.75, 3.05) is 13.1 Å². The first kappa shape index (κ1) is 48.1. The van der Waals surface area contributed by atoms with Gasteiger partial charge >= 0.3 is 0 Å². The maximum absolute atomic E-state index is 12.8. The van der Waals surface area contributed by atoms with Crippen molar-refractivity contribution in [3.8, 4) is 0 Å². The molecule has 330 valence electrons. The van der Waals surface area contributed by atoms with Gasteiger partial charge in [-0.05, 0) is 101 Å². The molecule has 0 aromatic rings. The number of carbonyl (C=O) groups excluding carboxylic acids is 2. The van der Waals surface area contributed by atoms with E-state index in [9.17, 15) is 45.3 Å². The van der Waals surface area contributed by atoms with Crippen LogP contribution in [0.4, 0.5) is 0 Å². The summed E-state index contributed by atoms with van der Waals surface area (Å²) in [7, 11) is 0. The van der Waals surface area contributed by atoms with E-state index in [4.69, 9.17) is 11.1 Å². The molecule has 59 heavy (non-hydrogen) atoms. The Morgan fingerprint density at radius 1 is 1.00 bits per heavy atom. The summed E-state index contributed by atoms with van der Waals surface area (Å²) in [4.78, 5) is 27.3. The predicted molar refractivity (Wildman–Crippen MR) is 229 cm³/mol. The predicted octanol–water partition coefficient (Wildman–Crippen LogP) is 4.25. The molecule has 4 rings (SSSR count). The zero-order chi connectivity index (χ0) is 43.6. The van der Waals surface area contributed by atoms with Crippen molar-refractivity contribution >= 4 is 17.6 Å². The van der Waals surface area contributed by atoms with Gasteiger partial charge in [-0.1, -0.05) is 81.4 Å². The van der Waals surface area contributed by atoms with E-state index in [0.717, 1.165) is 37.8 Å². The minimum atomic E-state index is -0.953. The summed E-state index contributed by atoms with van der Waals surface area (Å²) >= 11 is 0. The molecule has 13 nitrogen and oxygen atoms in total. The van der Waals surface area contributed by atoms with Crippen LogP contribution in [0.1, 0.15) is 105 Å². The van der Waals surface area contributed by atoms with Crippen LogP contribution in [-0.4, -0.2) is 114 Å². The van der Waals surface area contributed by atoms with Crippen molar-refractivity contribution in [3.63, 3.8) is 0 Å². The molecule has 0 aromatic heterocycles. The van der Waals surface area contributed by atoms with Gasteiger partial charge in [0.25, 0.3) is 5.91 Å². The van der Waals surface area contributed by atoms with Crippen LogP contribution in [-0.2, 0) is 9.59 Å². The fourth-order valence-corrected chi connectivity index (χ4v) is 9.89. The molecular weight excluding hydrogens is 753 g/mol. The minimum absolute atomic E-state index is 0.0315. The highest BCUT2D eigenvalue weighted by Crippen LogP contribution is 2.58. The molecule has 2 aliphatic heterocycles. The second kappa shape index (κ2) is 21.8. The monoisotopic (exact) mass is 825 g/mol. The van der Waals surface area contributed by atoms with Crippen molar-refractivity contribution in [1.29, 1.82) is 5.41 Å². The molecule has 0 aromatic carbocycles. The molecule has 4 aliphatic rings. The summed E-state index contributed by atoms with van der Waals surface area (Å²) in [5.74, 6) is -2.23. The Balaban J connectivity index is 1.25. The third kappa shape index (κ3) is 12.3. The summed E-state index contributed by atoms with van der Waals surface area (Å²) in [5.41, 5.74) is 6.20. The summed E-state index contributed by atoms with van der Waals surface area (Å²) in [6, 6.07) is 0.0588. The summed E-state index contributed by atoms with van der Waals surface area (Å²) in [6.07, 6.45) is 16.2. The van der Waals surface area contributed by atoms with Crippen LogP contribution in [0, 0.1) is 40.4 Å². The maximum Gasteiger partial charge on any atom is 0.258 e. The molecule has 13 atom stereocenters. The van der Waals surface area contributed by atoms with Crippen LogP contribution in [0.15, 0.2) is 71.1 Å². The van der Waals surface area contributed by atoms with Crippen molar-refractivity contribution in [1.82, 2.24) is 10.2 Å². The first-order valence-electron chi connectivity index (χ1n) is 21.7. The van der Waals surface area contributed by atoms with Crippen LogP contribution in [0.25, 0.3) is 0 Å². The minimum Gasteiger partial charge on any atom is -0.511 e. The lowest BCUT2D eigenvalue weighted by Crippen LogP contribution is -2.50. The number of aliphatic hydroxyl groups excluding tert-OH is 7. The Labute approximate surface area is 350 Å². The zero-order valence-electron chi connectivity index (χ0n) is 35.7. The normalized spacial score (nSPS) is 31.2. The van der Waals surface area contributed by atoms with Crippen molar-refractivity contribution in [3.05, 3.63) is 71.1 Å². The van der Waals surface area contributed by atoms with Gasteiger partial charge in [0.2, 0.25) is 0 Å². The number of ketones is 1. The molecule has 2 saturated heterocycles. The Kier molecular flexibility index (Phi) is 17.8. The number of hydrogen-bond donors (Lipinski definition) is 10. The van der Waals surface area contributed by atoms with Gasteiger partial charge in [-0.3, -0.25) is 15.0 Å². The SMILES string of the molecule is CC1=C[C@@H]2[C@@H](CCC[C@@H]2O)[C@](C)(C(O)=C2C(=O)CNC2=O)[C@@H]1CC[C@@H](C)[C@@H](O)/C(C)=C/C[C@@H](O)/C=C/[C@H](C)[C@@H](O)/C=C/C[C@@H](O)/C=C/C[C@H](O)C[C@H]1CCCN1C(=N)N. The second-order valence-electron chi connectivity index (χ2n) is 17.9. The van der Waals surface area contributed by atoms with Crippen molar-refractivity contribution in [2.24, 2.45) is 40.7 Å². The molecule has 13 heteroatoms. The zero-order valence-corrected chi connectivity index (χ0v) is 35.7. The number of nitrogens with zero attached hydrogens (tertiary/aromatic N) is 1. The smallest absolute Gasteiger partial charge is 0.258 e. The lowest BCUT2D eigenvalue weighted by atomic mass is 9.52. The second-order valence-corrected chi connectivity index (χ2v) is 17.9. The molecule has 1 amide bonds. The Morgan fingerprint density at radius 2 is 1.69 bits per heavy atom. The van der Waals surface area contributed by atoms with Gasteiger partial charge in [-0.15, -0.1) is 0 Å². The van der Waals surface area contributed by atoms with Crippen molar-refractivity contribution < 1.29 is 45.3 Å². The van der Waals surface area contributed by atoms with Gasteiger partial charge in [-0.25, -0.2) is 0 Å². The highest BCUT2D eigenvalue weighted by atomic mass is 16.3. The molecule has 0 radical (unpaired) electrons. The summed E-state index contributed by atoms with van der Waals surface area (Å²) in [5, 5.41) is 86.3. The average Bonchev–Trinajstić information content (AvgIpc) is 3.80. The number of allylic oxidation sites excluding steroid dienone is 2. The van der Waals surface area contributed by atoms with Gasteiger partial charge in [-0.2, -0.15) is 0 Å².